The maximum atomic E-state index is 12.9. The SMILES string of the molecule is CC(NC(=O)N1CC(S(=O)(=O)N2CCC(c3coc4cccnc34)CC2)C1)C(F)(F)F. The fourth-order valence-corrected chi connectivity index (χ4v) is 5.84. The Labute approximate surface area is 177 Å². The van der Waals surface area contributed by atoms with Crippen LogP contribution in [0.1, 0.15) is 31.2 Å². The molecule has 0 saturated carbocycles. The Morgan fingerprint density at radius 1 is 1.29 bits per heavy atom. The van der Waals surface area contributed by atoms with Crippen LogP contribution < -0.4 is 5.32 Å². The second kappa shape index (κ2) is 7.97. The minimum Gasteiger partial charge on any atom is -0.462 e. The largest absolute Gasteiger partial charge is 0.462 e. The number of likely N-dealkylation sites (tertiary alicyclic amines) is 1. The molecule has 1 unspecified atom stereocenters. The van der Waals surface area contributed by atoms with Crippen molar-refractivity contribution < 1.29 is 30.8 Å². The number of furan rings is 1. The van der Waals surface area contributed by atoms with Crippen LogP contribution in [0.4, 0.5) is 18.0 Å². The van der Waals surface area contributed by atoms with Crippen molar-refractivity contribution >= 4 is 27.2 Å². The second-order valence-electron chi connectivity index (χ2n) is 8.00. The van der Waals surface area contributed by atoms with Crippen LogP contribution in [0.2, 0.25) is 0 Å². The number of hydrogen-bond acceptors (Lipinski definition) is 5. The van der Waals surface area contributed by atoms with E-state index in [9.17, 15) is 26.4 Å². The summed E-state index contributed by atoms with van der Waals surface area (Å²) in [7, 11) is -3.63. The van der Waals surface area contributed by atoms with Gasteiger partial charge in [0.1, 0.15) is 16.8 Å². The maximum Gasteiger partial charge on any atom is 0.408 e. The van der Waals surface area contributed by atoms with E-state index in [1.165, 1.54) is 4.31 Å². The molecular weight excluding hydrogens is 437 g/mol. The Morgan fingerprint density at radius 2 is 1.97 bits per heavy atom. The molecule has 31 heavy (non-hydrogen) atoms. The van der Waals surface area contributed by atoms with E-state index < -0.39 is 33.5 Å². The highest BCUT2D eigenvalue weighted by molar-refractivity contribution is 7.89. The zero-order valence-electron chi connectivity index (χ0n) is 16.8. The molecule has 12 heteroatoms. The number of nitrogens with zero attached hydrogens (tertiary/aromatic N) is 3. The number of halogens is 3. The number of sulfonamides is 1. The zero-order valence-corrected chi connectivity index (χ0v) is 17.6. The smallest absolute Gasteiger partial charge is 0.408 e. The van der Waals surface area contributed by atoms with E-state index in [1.54, 1.807) is 18.5 Å². The summed E-state index contributed by atoms with van der Waals surface area (Å²) in [6.07, 6.45) is 0.0485. The molecule has 1 atom stereocenters. The number of amides is 2. The lowest BCUT2D eigenvalue weighted by atomic mass is 9.91. The van der Waals surface area contributed by atoms with Gasteiger partial charge in [-0.15, -0.1) is 0 Å². The lowest BCUT2D eigenvalue weighted by molar-refractivity contribution is -0.149. The summed E-state index contributed by atoms with van der Waals surface area (Å²) in [5.74, 6) is 0.134. The van der Waals surface area contributed by atoms with E-state index >= 15 is 0 Å². The summed E-state index contributed by atoms with van der Waals surface area (Å²) in [5, 5.41) is 1.05. The molecule has 2 aromatic heterocycles. The van der Waals surface area contributed by atoms with E-state index in [0.29, 0.717) is 31.5 Å². The number of rotatable bonds is 4. The van der Waals surface area contributed by atoms with E-state index in [4.69, 9.17) is 4.42 Å². The lowest BCUT2D eigenvalue weighted by Gasteiger charge is -2.42. The van der Waals surface area contributed by atoms with Gasteiger partial charge in [0, 0.05) is 37.9 Å². The highest BCUT2D eigenvalue weighted by Gasteiger charge is 2.45. The molecule has 8 nitrogen and oxygen atoms in total. The van der Waals surface area contributed by atoms with Crippen molar-refractivity contribution in [1.82, 2.24) is 19.5 Å². The topological polar surface area (TPSA) is 95.8 Å². The third-order valence-corrected chi connectivity index (χ3v) is 8.22. The van der Waals surface area contributed by atoms with Gasteiger partial charge in [0.15, 0.2) is 5.58 Å². The summed E-state index contributed by atoms with van der Waals surface area (Å²) in [6, 6.07) is 0.716. The molecule has 1 N–H and O–H groups in total. The molecule has 0 radical (unpaired) electrons. The van der Waals surface area contributed by atoms with Crippen molar-refractivity contribution in [2.75, 3.05) is 26.2 Å². The molecule has 170 valence electrons. The fourth-order valence-electron chi connectivity index (χ4n) is 3.96. The average Bonchev–Trinajstić information content (AvgIpc) is 3.10. The van der Waals surface area contributed by atoms with Crippen LogP contribution >= 0.6 is 0 Å². The quantitative estimate of drug-likeness (QED) is 0.757. The van der Waals surface area contributed by atoms with E-state index in [-0.39, 0.29) is 19.0 Å². The van der Waals surface area contributed by atoms with Gasteiger partial charge in [-0.05, 0) is 37.8 Å². The molecule has 0 spiro atoms. The number of nitrogens with one attached hydrogen (secondary N) is 1. The molecule has 2 amide bonds. The Bertz CT molecular complexity index is 1060. The Morgan fingerprint density at radius 3 is 2.61 bits per heavy atom. The monoisotopic (exact) mass is 460 g/mol. The van der Waals surface area contributed by atoms with Crippen LogP contribution in [0.3, 0.4) is 0 Å². The van der Waals surface area contributed by atoms with Crippen LogP contribution in [0.25, 0.3) is 11.1 Å². The first-order chi connectivity index (χ1) is 14.6. The molecular formula is C19H23F3N4O4S. The fraction of sp³-hybridized carbons (Fsp3) is 0.579. The normalized spacial score (nSPS) is 20.6. The summed E-state index contributed by atoms with van der Waals surface area (Å²) in [4.78, 5) is 17.3. The van der Waals surface area contributed by atoms with Crippen LogP contribution in [0, 0.1) is 0 Å². The van der Waals surface area contributed by atoms with E-state index in [0.717, 1.165) is 22.9 Å². The first-order valence-electron chi connectivity index (χ1n) is 10.0. The molecule has 2 saturated heterocycles. The van der Waals surface area contributed by atoms with Crippen molar-refractivity contribution in [3.05, 3.63) is 30.2 Å². The summed E-state index contributed by atoms with van der Waals surface area (Å²) < 4.78 is 70.4. The molecule has 2 aliphatic heterocycles. The lowest BCUT2D eigenvalue weighted by Crippen LogP contribution is -2.63. The summed E-state index contributed by atoms with van der Waals surface area (Å²) in [6.45, 7) is 1.28. The minimum atomic E-state index is -4.55. The van der Waals surface area contributed by atoms with Crippen molar-refractivity contribution in [1.29, 1.82) is 0 Å². The van der Waals surface area contributed by atoms with Crippen LogP contribution in [0.5, 0.6) is 0 Å². The predicted octanol–water partition coefficient (Wildman–Crippen LogP) is 2.68. The molecule has 0 aromatic carbocycles. The summed E-state index contributed by atoms with van der Waals surface area (Å²) >= 11 is 0. The van der Waals surface area contributed by atoms with Gasteiger partial charge in [0.25, 0.3) is 0 Å². The summed E-state index contributed by atoms with van der Waals surface area (Å²) in [5.41, 5.74) is 2.45. The number of alkyl halides is 3. The number of pyridine rings is 1. The number of carbonyl (C=O) groups is 1. The minimum absolute atomic E-state index is 0.116. The number of fused-ring (bicyclic) bond motifs is 1. The van der Waals surface area contributed by atoms with Gasteiger partial charge >= 0.3 is 12.2 Å². The average molecular weight is 460 g/mol. The maximum absolute atomic E-state index is 12.9. The van der Waals surface area contributed by atoms with Crippen LogP contribution in [-0.4, -0.2) is 72.3 Å². The third kappa shape index (κ3) is 4.22. The van der Waals surface area contributed by atoms with Gasteiger partial charge in [0.2, 0.25) is 10.0 Å². The number of urea groups is 1. The van der Waals surface area contributed by atoms with Crippen molar-refractivity contribution in [3.8, 4) is 0 Å². The van der Waals surface area contributed by atoms with Gasteiger partial charge in [-0.3, -0.25) is 4.98 Å². The molecule has 0 aliphatic carbocycles. The molecule has 4 rings (SSSR count). The van der Waals surface area contributed by atoms with Gasteiger partial charge < -0.3 is 14.6 Å². The predicted molar refractivity (Wildman–Crippen MR) is 106 cm³/mol. The molecule has 0 bridgehead atoms. The number of hydrogen-bond donors (Lipinski definition) is 1. The molecule has 2 aromatic rings. The second-order valence-corrected chi connectivity index (χ2v) is 10.2. The van der Waals surface area contributed by atoms with Gasteiger partial charge in [-0.2, -0.15) is 13.2 Å². The zero-order chi connectivity index (χ0) is 22.4. The van der Waals surface area contributed by atoms with Gasteiger partial charge in [-0.1, -0.05) is 0 Å². The highest BCUT2D eigenvalue weighted by Crippen LogP contribution is 2.35. The Balaban J connectivity index is 1.31. The van der Waals surface area contributed by atoms with Crippen molar-refractivity contribution in [2.45, 2.75) is 43.2 Å². The van der Waals surface area contributed by atoms with Crippen molar-refractivity contribution in [2.24, 2.45) is 0 Å². The van der Waals surface area contributed by atoms with E-state index in [2.05, 4.69) is 4.98 Å². The standard InChI is InChI=1S/C19H23F3N4O4S/c1-12(19(20,21)22)24-18(27)25-9-14(10-25)31(28,29)26-7-4-13(5-8-26)15-11-30-16-3-2-6-23-17(15)16/h2-3,6,11-14H,4-5,7-10H2,1H3,(H,24,27). The van der Waals surface area contributed by atoms with Crippen molar-refractivity contribution in [3.63, 3.8) is 0 Å². The molecule has 4 heterocycles. The van der Waals surface area contributed by atoms with Gasteiger partial charge in [-0.25, -0.2) is 17.5 Å². The van der Waals surface area contributed by atoms with Crippen LogP contribution in [0.15, 0.2) is 29.0 Å². The number of piperidine rings is 1. The number of aromatic nitrogens is 1. The van der Waals surface area contributed by atoms with Crippen LogP contribution in [-0.2, 0) is 10.0 Å². The first kappa shape index (κ1) is 21.9. The highest BCUT2D eigenvalue weighted by atomic mass is 32.2. The van der Waals surface area contributed by atoms with Gasteiger partial charge in [0.05, 0.1) is 6.26 Å². The Kier molecular flexibility index (Phi) is 5.63. The molecule has 2 fully saturated rings. The first-order valence-corrected chi connectivity index (χ1v) is 11.5. The van der Waals surface area contributed by atoms with E-state index in [1.807, 2.05) is 11.4 Å². The Hall–Kier alpha value is -2.34. The third-order valence-electron chi connectivity index (χ3n) is 6.00. The molecule has 2 aliphatic rings. The number of carbonyl (C=O) groups excluding carboxylic acids is 1.